The number of unbranched alkanes of at least 4 members (excludes halogenated alkanes) is 1. The van der Waals surface area contributed by atoms with Gasteiger partial charge < -0.3 is 10.4 Å². The van der Waals surface area contributed by atoms with Crippen LogP contribution in [0.2, 0.25) is 0 Å². The highest BCUT2D eigenvalue weighted by Gasteiger charge is 2.35. The fourth-order valence-corrected chi connectivity index (χ4v) is 5.70. The monoisotopic (exact) mass is 645 g/mol. The summed E-state index contributed by atoms with van der Waals surface area (Å²) in [5, 5.41) is 15.7. The number of carbonyl (C=O) groups is 2. The number of amides is 2. The topological polar surface area (TPSA) is 152 Å². The summed E-state index contributed by atoms with van der Waals surface area (Å²) in [5.74, 6) is -0.151. The molecular weight excluding hydrogens is 615 g/mol. The number of carboxylic acid groups (broad SMARTS) is 1. The zero-order chi connectivity index (χ0) is 32.9. The van der Waals surface area contributed by atoms with E-state index in [1.807, 2.05) is 6.92 Å². The Balaban J connectivity index is 1.75. The summed E-state index contributed by atoms with van der Waals surface area (Å²) in [4.78, 5) is 36.3. The van der Waals surface area contributed by atoms with Crippen molar-refractivity contribution >= 4 is 27.7 Å². The first-order chi connectivity index (χ1) is 21.2. The molecule has 0 saturated carbocycles. The fourth-order valence-electron chi connectivity index (χ4n) is 4.63. The molecule has 4 rings (SSSR count). The van der Waals surface area contributed by atoms with E-state index in [0.717, 1.165) is 24.6 Å². The SMILES string of the molecule is CCCCc1nn(-c2cc(NC(=O)CC)ccc2C(F)(F)F)c(=O)n1Cc1ccc(-c2ccccc2S(=O)(=O)NC(=O)O)cc1. The van der Waals surface area contributed by atoms with Gasteiger partial charge in [0, 0.05) is 24.1 Å². The van der Waals surface area contributed by atoms with E-state index < -0.39 is 45.1 Å². The molecule has 2 amide bonds. The molecule has 3 aromatic carbocycles. The van der Waals surface area contributed by atoms with Gasteiger partial charge in [0.15, 0.2) is 0 Å². The molecule has 1 heterocycles. The number of nitrogens with one attached hydrogen (secondary N) is 2. The van der Waals surface area contributed by atoms with Gasteiger partial charge in [0.2, 0.25) is 5.91 Å². The van der Waals surface area contributed by atoms with Crippen molar-refractivity contribution in [2.75, 3.05) is 5.32 Å². The molecule has 0 aliphatic heterocycles. The first-order valence-corrected chi connectivity index (χ1v) is 15.4. The lowest BCUT2D eigenvalue weighted by Gasteiger charge is -2.14. The zero-order valence-electron chi connectivity index (χ0n) is 24.3. The van der Waals surface area contributed by atoms with Crippen LogP contribution in [0.25, 0.3) is 16.8 Å². The van der Waals surface area contributed by atoms with Gasteiger partial charge in [0.1, 0.15) is 5.82 Å². The minimum absolute atomic E-state index is 0.0493. The van der Waals surface area contributed by atoms with E-state index in [1.165, 1.54) is 27.5 Å². The molecule has 15 heteroatoms. The van der Waals surface area contributed by atoms with Crippen LogP contribution in [-0.4, -0.2) is 39.9 Å². The number of halogens is 3. The molecule has 4 aromatic rings. The van der Waals surface area contributed by atoms with Gasteiger partial charge >= 0.3 is 18.0 Å². The van der Waals surface area contributed by atoms with Crippen molar-refractivity contribution in [3.63, 3.8) is 0 Å². The smallest absolute Gasteiger partial charge is 0.418 e. The van der Waals surface area contributed by atoms with Crippen LogP contribution in [0.1, 0.15) is 50.1 Å². The standard InChI is InChI=1S/C30H30F3N5O6S/c1-3-5-10-26-35-38(24-17-21(34-27(39)4-2)15-16-23(24)30(31,32)33)29(42)37(26)18-19-11-13-20(14-12-19)22-8-6-7-9-25(22)45(43,44)36-28(40)41/h6-9,11-17,36H,3-5,10,18H2,1-2H3,(H,34,39)(H,40,41). The molecule has 3 N–H and O–H groups in total. The lowest BCUT2D eigenvalue weighted by molar-refractivity contribution is -0.137. The zero-order valence-corrected chi connectivity index (χ0v) is 25.1. The van der Waals surface area contributed by atoms with Crippen LogP contribution < -0.4 is 15.7 Å². The Morgan fingerprint density at radius 3 is 2.31 bits per heavy atom. The van der Waals surface area contributed by atoms with E-state index in [9.17, 15) is 36.0 Å². The van der Waals surface area contributed by atoms with Gasteiger partial charge in [-0.15, -0.1) is 5.10 Å². The van der Waals surface area contributed by atoms with Gasteiger partial charge in [-0.2, -0.15) is 17.9 Å². The summed E-state index contributed by atoms with van der Waals surface area (Å²) in [6.07, 6.45) is -4.78. The van der Waals surface area contributed by atoms with Crippen LogP contribution in [0.5, 0.6) is 0 Å². The molecule has 11 nitrogen and oxygen atoms in total. The van der Waals surface area contributed by atoms with Crippen molar-refractivity contribution in [3.05, 3.63) is 94.2 Å². The fraction of sp³-hybridized carbons (Fsp3) is 0.267. The highest BCUT2D eigenvalue weighted by atomic mass is 32.2. The Morgan fingerprint density at radius 1 is 1.00 bits per heavy atom. The molecule has 0 radical (unpaired) electrons. The molecule has 0 aliphatic rings. The van der Waals surface area contributed by atoms with Crippen molar-refractivity contribution in [2.24, 2.45) is 0 Å². The summed E-state index contributed by atoms with van der Waals surface area (Å²) >= 11 is 0. The minimum Gasteiger partial charge on any atom is -0.464 e. The normalized spacial score (nSPS) is 11.8. The van der Waals surface area contributed by atoms with E-state index in [-0.39, 0.29) is 34.9 Å². The van der Waals surface area contributed by atoms with Gasteiger partial charge in [0.05, 0.1) is 22.7 Å². The number of anilines is 1. The van der Waals surface area contributed by atoms with Crippen molar-refractivity contribution in [2.45, 2.75) is 57.1 Å². The van der Waals surface area contributed by atoms with Gasteiger partial charge in [-0.25, -0.2) is 22.7 Å². The van der Waals surface area contributed by atoms with Crippen LogP contribution in [0, 0.1) is 0 Å². The maximum absolute atomic E-state index is 14.0. The lowest BCUT2D eigenvalue weighted by Crippen LogP contribution is -2.29. The Kier molecular flexibility index (Phi) is 9.81. The molecule has 0 atom stereocenters. The molecule has 0 unspecified atom stereocenters. The molecule has 0 aliphatic carbocycles. The average Bonchev–Trinajstić information content (AvgIpc) is 3.29. The number of hydrogen-bond acceptors (Lipinski definition) is 6. The molecule has 1 aromatic heterocycles. The predicted octanol–water partition coefficient (Wildman–Crippen LogP) is 5.42. The molecular formula is C30H30F3N5O6S. The third-order valence-electron chi connectivity index (χ3n) is 6.83. The van der Waals surface area contributed by atoms with Crippen molar-refractivity contribution in [3.8, 4) is 16.8 Å². The average molecular weight is 646 g/mol. The summed E-state index contributed by atoms with van der Waals surface area (Å²) in [6.45, 7) is 3.46. The highest BCUT2D eigenvalue weighted by molar-refractivity contribution is 7.90. The third kappa shape index (κ3) is 7.60. The van der Waals surface area contributed by atoms with E-state index in [2.05, 4.69) is 10.4 Å². The maximum Gasteiger partial charge on any atom is 0.418 e. The largest absolute Gasteiger partial charge is 0.464 e. The highest BCUT2D eigenvalue weighted by Crippen LogP contribution is 2.35. The number of nitrogens with zero attached hydrogens (tertiary/aromatic N) is 3. The lowest BCUT2D eigenvalue weighted by atomic mass is 10.0. The van der Waals surface area contributed by atoms with Gasteiger partial charge in [0.25, 0.3) is 10.0 Å². The number of sulfonamides is 1. The van der Waals surface area contributed by atoms with E-state index >= 15 is 0 Å². The third-order valence-corrected chi connectivity index (χ3v) is 8.21. The quantitative estimate of drug-likeness (QED) is 0.197. The van der Waals surface area contributed by atoms with Crippen LogP contribution in [0.3, 0.4) is 0 Å². The van der Waals surface area contributed by atoms with Gasteiger partial charge in [-0.1, -0.05) is 62.7 Å². The van der Waals surface area contributed by atoms with E-state index in [4.69, 9.17) is 5.11 Å². The number of carbonyl (C=O) groups excluding carboxylic acids is 1. The number of hydrogen-bond donors (Lipinski definition) is 3. The second-order valence-corrected chi connectivity index (χ2v) is 11.7. The Morgan fingerprint density at radius 2 is 1.69 bits per heavy atom. The van der Waals surface area contributed by atoms with Crippen molar-refractivity contribution < 1.29 is 36.3 Å². The maximum atomic E-state index is 14.0. The Labute approximate surface area is 256 Å². The first kappa shape index (κ1) is 33.0. The van der Waals surface area contributed by atoms with Gasteiger partial charge in [-0.3, -0.25) is 9.36 Å². The number of benzene rings is 3. The summed E-state index contributed by atoms with van der Waals surface area (Å²) in [7, 11) is -4.38. The van der Waals surface area contributed by atoms with Gasteiger partial charge in [-0.05, 0) is 41.8 Å². The Bertz CT molecular complexity index is 1880. The number of alkyl halides is 3. The second kappa shape index (κ2) is 13.4. The molecule has 0 fully saturated rings. The summed E-state index contributed by atoms with van der Waals surface area (Å²) in [5.41, 5.74) is -1.10. The minimum atomic E-state index is -4.81. The first-order valence-electron chi connectivity index (χ1n) is 13.9. The Hall–Kier alpha value is -4.92. The second-order valence-electron chi connectivity index (χ2n) is 10.0. The molecule has 0 spiro atoms. The van der Waals surface area contributed by atoms with Crippen molar-refractivity contribution in [1.82, 2.24) is 19.1 Å². The molecule has 0 bridgehead atoms. The van der Waals surface area contributed by atoms with Crippen LogP contribution >= 0.6 is 0 Å². The van der Waals surface area contributed by atoms with Crippen LogP contribution in [0.4, 0.5) is 23.7 Å². The van der Waals surface area contributed by atoms with Crippen LogP contribution in [-0.2, 0) is 34.0 Å². The summed E-state index contributed by atoms with van der Waals surface area (Å²) in [6, 6.07) is 15.2. The molecule has 45 heavy (non-hydrogen) atoms. The number of rotatable bonds is 11. The molecule has 0 saturated heterocycles. The number of aryl methyl sites for hydroxylation is 1. The van der Waals surface area contributed by atoms with E-state index in [1.54, 1.807) is 37.3 Å². The summed E-state index contributed by atoms with van der Waals surface area (Å²) < 4.78 is 70.7. The van der Waals surface area contributed by atoms with Crippen molar-refractivity contribution in [1.29, 1.82) is 0 Å². The van der Waals surface area contributed by atoms with Crippen LogP contribution in [0.15, 0.2) is 76.4 Å². The number of aromatic nitrogens is 3. The molecule has 238 valence electrons. The van der Waals surface area contributed by atoms with E-state index in [0.29, 0.717) is 28.7 Å². The predicted molar refractivity (Wildman–Crippen MR) is 160 cm³/mol.